The maximum Gasteiger partial charge on any atom is 0.252 e. The molecule has 5 heteroatoms. The molecule has 2 aromatic rings. The van der Waals surface area contributed by atoms with Crippen molar-refractivity contribution in [3.63, 3.8) is 0 Å². The van der Waals surface area contributed by atoms with Gasteiger partial charge in [-0.1, -0.05) is 29.8 Å². The number of carbonyl (C=O) groups is 1. The molecule has 0 atom stereocenters. The van der Waals surface area contributed by atoms with Crippen LogP contribution in [0.1, 0.15) is 10.4 Å². The van der Waals surface area contributed by atoms with Gasteiger partial charge in [0.2, 0.25) is 0 Å². The van der Waals surface area contributed by atoms with Gasteiger partial charge in [-0.2, -0.15) is 0 Å². The molecular formula is C13H11ClN2O2. The third kappa shape index (κ3) is 2.38. The molecule has 92 valence electrons. The van der Waals surface area contributed by atoms with Gasteiger partial charge in [0.1, 0.15) is 5.75 Å². The van der Waals surface area contributed by atoms with Crippen molar-refractivity contribution >= 4 is 23.2 Å². The smallest absolute Gasteiger partial charge is 0.252 e. The minimum atomic E-state index is -0.573. The Balaban J connectivity index is 2.43. The fourth-order valence-electron chi connectivity index (χ4n) is 1.50. The number of anilines is 1. The standard InChI is InChI=1S/C13H11ClN2O2/c14-9-5-3-6-10(15)12(9)18-11-7-2-1-4-8(11)13(16)17/h1-7H,15H2,(H2,16,17). The van der Waals surface area contributed by atoms with Crippen molar-refractivity contribution in [2.24, 2.45) is 5.73 Å². The van der Waals surface area contributed by atoms with Crippen LogP contribution in [0.2, 0.25) is 5.02 Å². The van der Waals surface area contributed by atoms with Gasteiger partial charge in [-0.3, -0.25) is 4.79 Å². The summed E-state index contributed by atoms with van der Waals surface area (Å²) in [6, 6.07) is 11.7. The van der Waals surface area contributed by atoms with Crippen LogP contribution in [0.3, 0.4) is 0 Å². The average molecular weight is 263 g/mol. The molecule has 0 aromatic heterocycles. The van der Waals surface area contributed by atoms with E-state index in [-0.39, 0.29) is 5.56 Å². The zero-order chi connectivity index (χ0) is 13.1. The zero-order valence-corrected chi connectivity index (χ0v) is 10.1. The molecule has 0 radical (unpaired) electrons. The van der Waals surface area contributed by atoms with Gasteiger partial charge in [-0.25, -0.2) is 0 Å². The summed E-state index contributed by atoms with van der Waals surface area (Å²) in [6.45, 7) is 0. The highest BCUT2D eigenvalue weighted by Crippen LogP contribution is 2.35. The summed E-state index contributed by atoms with van der Waals surface area (Å²) >= 11 is 5.99. The van der Waals surface area contributed by atoms with E-state index in [9.17, 15) is 4.79 Å². The van der Waals surface area contributed by atoms with Crippen molar-refractivity contribution < 1.29 is 9.53 Å². The molecule has 4 N–H and O–H groups in total. The number of nitrogen functional groups attached to an aromatic ring is 1. The fraction of sp³-hybridized carbons (Fsp3) is 0. The SMILES string of the molecule is NC(=O)c1ccccc1Oc1c(N)cccc1Cl. The second kappa shape index (κ2) is 4.98. The summed E-state index contributed by atoms with van der Waals surface area (Å²) in [7, 11) is 0. The van der Waals surface area contributed by atoms with Crippen LogP contribution >= 0.6 is 11.6 Å². The number of benzene rings is 2. The topological polar surface area (TPSA) is 78.3 Å². The molecule has 18 heavy (non-hydrogen) atoms. The van der Waals surface area contributed by atoms with E-state index in [1.807, 2.05) is 0 Å². The molecule has 0 fully saturated rings. The molecule has 0 aliphatic carbocycles. The summed E-state index contributed by atoms with van der Waals surface area (Å²) < 4.78 is 5.57. The quantitative estimate of drug-likeness (QED) is 0.835. The monoisotopic (exact) mass is 262 g/mol. The fourth-order valence-corrected chi connectivity index (χ4v) is 1.72. The first kappa shape index (κ1) is 12.3. The molecule has 4 nitrogen and oxygen atoms in total. The Labute approximate surface area is 109 Å². The number of para-hydroxylation sites is 2. The number of carbonyl (C=O) groups excluding carboxylic acids is 1. The second-order valence-corrected chi connectivity index (χ2v) is 4.03. The van der Waals surface area contributed by atoms with Crippen LogP contribution in [0, 0.1) is 0 Å². The van der Waals surface area contributed by atoms with E-state index in [4.69, 9.17) is 27.8 Å². The Bertz CT molecular complexity index is 579. The molecule has 0 aliphatic rings. The van der Waals surface area contributed by atoms with Gasteiger partial charge in [0, 0.05) is 0 Å². The Morgan fingerprint density at radius 2 is 1.83 bits per heavy atom. The van der Waals surface area contributed by atoms with Crippen molar-refractivity contribution in [3.8, 4) is 11.5 Å². The molecule has 0 unspecified atom stereocenters. The summed E-state index contributed by atoms with van der Waals surface area (Å²) in [5.74, 6) is 0.0638. The van der Waals surface area contributed by atoms with Gasteiger partial charge in [0.25, 0.3) is 5.91 Å². The number of amides is 1. The Hall–Kier alpha value is -2.20. The van der Waals surface area contributed by atoms with Gasteiger partial charge in [0.05, 0.1) is 16.3 Å². The molecule has 2 aromatic carbocycles. The Morgan fingerprint density at radius 1 is 1.11 bits per heavy atom. The normalized spacial score (nSPS) is 10.1. The number of ether oxygens (including phenoxy) is 1. The van der Waals surface area contributed by atoms with Crippen molar-refractivity contribution in [1.29, 1.82) is 0 Å². The molecule has 2 rings (SSSR count). The molecule has 0 spiro atoms. The van der Waals surface area contributed by atoms with Crippen LogP contribution in [-0.2, 0) is 0 Å². The summed E-state index contributed by atoms with van der Waals surface area (Å²) in [5.41, 5.74) is 11.7. The number of hydrogen-bond donors (Lipinski definition) is 2. The van der Waals surface area contributed by atoms with Crippen LogP contribution in [0.5, 0.6) is 11.5 Å². The molecule has 0 aliphatic heterocycles. The number of halogens is 1. The van der Waals surface area contributed by atoms with Crippen molar-refractivity contribution in [2.75, 3.05) is 5.73 Å². The molecule has 0 saturated carbocycles. The van der Waals surface area contributed by atoms with E-state index in [1.165, 1.54) is 0 Å². The highest BCUT2D eigenvalue weighted by Gasteiger charge is 2.12. The van der Waals surface area contributed by atoms with E-state index in [1.54, 1.807) is 42.5 Å². The van der Waals surface area contributed by atoms with Crippen LogP contribution < -0.4 is 16.2 Å². The molecule has 1 amide bonds. The van der Waals surface area contributed by atoms with E-state index in [2.05, 4.69) is 0 Å². The molecule has 0 bridgehead atoms. The predicted molar refractivity (Wildman–Crippen MR) is 70.9 cm³/mol. The summed E-state index contributed by atoms with van der Waals surface area (Å²) in [6.07, 6.45) is 0. The second-order valence-electron chi connectivity index (χ2n) is 3.62. The highest BCUT2D eigenvalue weighted by molar-refractivity contribution is 6.32. The number of primary amides is 1. The number of nitrogens with two attached hydrogens (primary N) is 2. The highest BCUT2D eigenvalue weighted by atomic mass is 35.5. The average Bonchev–Trinajstić information content (AvgIpc) is 2.34. The minimum absolute atomic E-state index is 0.275. The van der Waals surface area contributed by atoms with E-state index < -0.39 is 5.91 Å². The Morgan fingerprint density at radius 3 is 2.50 bits per heavy atom. The van der Waals surface area contributed by atoms with Gasteiger partial charge in [-0.05, 0) is 24.3 Å². The molecular weight excluding hydrogens is 252 g/mol. The van der Waals surface area contributed by atoms with Crippen LogP contribution in [0.25, 0.3) is 0 Å². The largest absolute Gasteiger partial charge is 0.453 e. The van der Waals surface area contributed by atoms with Crippen LogP contribution in [0.4, 0.5) is 5.69 Å². The lowest BCUT2D eigenvalue weighted by molar-refractivity contribution is 0.0998. The lowest BCUT2D eigenvalue weighted by Crippen LogP contribution is -2.12. The lowest BCUT2D eigenvalue weighted by Gasteiger charge is -2.12. The van der Waals surface area contributed by atoms with Gasteiger partial charge in [0.15, 0.2) is 5.75 Å². The van der Waals surface area contributed by atoms with Gasteiger partial charge in [-0.15, -0.1) is 0 Å². The van der Waals surface area contributed by atoms with E-state index in [0.29, 0.717) is 22.2 Å². The molecule has 0 heterocycles. The molecule has 0 saturated heterocycles. The summed E-state index contributed by atoms with van der Waals surface area (Å²) in [5, 5.41) is 0.370. The van der Waals surface area contributed by atoms with Gasteiger partial charge >= 0.3 is 0 Å². The summed E-state index contributed by atoms with van der Waals surface area (Å²) in [4.78, 5) is 11.3. The van der Waals surface area contributed by atoms with E-state index in [0.717, 1.165) is 0 Å². The van der Waals surface area contributed by atoms with E-state index >= 15 is 0 Å². The van der Waals surface area contributed by atoms with Crippen LogP contribution in [0.15, 0.2) is 42.5 Å². The van der Waals surface area contributed by atoms with Gasteiger partial charge < -0.3 is 16.2 Å². The number of rotatable bonds is 3. The first-order valence-electron chi connectivity index (χ1n) is 5.20. The third-order valence-corrected chi connectivity index (χ3v) is 2.66. The maximum atomic E-state index is 11.3. The van der Waals surface area contributed by atoms with Crippen molar-refractivity contribution in [3.05, 3.63) is 53.1 Å². The predicted octanol–water partition coefficient (Wildman–Crippen LogP) is 2.81. The lowest BCUT2D eigenvalue weighted by atomic mass is 10.2. The first-order chi connectivity index (χ1) is 8.59. The third-order valence-electron chi connectivity index (χ3n) is 2.36. The number of hydrogen-bond acceptors (Lipinski definition) is 3. The zero-order valence-electron chi connectivity index (χ0n) is 9.39. The van der Waals surface area contributed by atoms with Crippen molar-refractivity contribution in [2.45, 2.75) is 0 Å². The maximum absolute atomic E-state index is 11.3. The first-order valence-corrected chi connectivity index (χ1v) is 5.58. The minimum Gasteiger partial charge on any atom is -0.453 e. The Kier molecular flexibility index (Phi) is 3.39. The van der Waals surface area contributed by atoms with Crippen molar-refractivity contribution in [1.82, 2.24) is 0 Å². The van der Waals surface area contributed by atoms with Crippen LogP contribution in [-0.4, -0.2) is 5.91 Å².